The first-order valence-corrected chi connectivity index (χ1v) is 14.3. The van der Waals surface area contributed by atoms with E-state index in [1.165, 1.54) is 0 Å². The molecule has 42 heavy (non-hydrogen) atoms. The third-order valence-electron chi connectivity index (χ3n) is 5.57. The van der Waals surface area contributed by atoms with Crippen LogP contribution in [0.25, 0.3) is 0 Å². The molecule has 0 aliphatic heterocycles. The molecule has 0 heterocycles. The van der Waals surface area contributed by atoms with Crippen molar-refractivity contribution in [3.63, 3.8) is 0 Å². The second-order valence-electron chi connectivity index (χ2n) is 9.48. The minimum atomic E-state index is -1.28. The molecule has 3 atom stereocenters. The molecule has 0 fully saturated rings. The van der Waals surface area contributed by atoms with E-state index < -0.39 is 66.6 Å². The Kier molecular flexibility index (Phi) is 20.0. The summed E-state index contributed by atoms with van der Waals surface area (Å²) in [6, 6.07) is 0. The van der Waals surface area contributed by atoms with Crippen LogP contribution in [0.5, 0.6) is 0 Å². The monoisotopic (exact) mass is 598 g/mol. The van der Waals surface area contributed by atoms with Crippen LogP contribution in [0.4, 0.5) is 0 Å². The zero-order chi connectivity index (χ0) is 32.1. The van der Waals surface area contributed by atoms with E-state index in [1.54, 1.807) is 34.6 Å². The number of carbonyl (C=O) groups is 6. The quantitative estimate of drug-likeness (QED) is 0.101. The van der Waals surface area contributed by atoms with Crippen molar-refractivity contribution < 1.29 is 57.2 Å². The Morgan fingerprint density at radius 2 is 0.929 bits per heavy atom. The molecule has 0 aliphatic carbocycles. The van der Waals surface area contributed by atoms with Gasteiger partial charge in [0.25, 0.3) is 0 Å². The molecule has 0 spiro atoms. The van der Waals surface area contributed by atoms with Crippen LogP contribution in [0.1, 0.15) is 79.6 Å². The van der Waals surface area contributed by atoms with Gasteiger partial charge in [0.1, 0.15) is 6.10 Å². The average molecular weight is 599 g/mol. The summed E-state index contributed by atoms with van der Waals surface area (Å²) in [5.74, 6) is -7.33. The van der Waals surface area contributed by atoms with E-state index >= 15 is 0 Å². The summed E-state index contributed by atoms with van der Waals surface area (Å²) in [4.78, 5) is 74.5. The Morgan fingerprint density at radius 3 is 1.33 bits per heavy atom. The van der Waals surface area contributed by atoms with Crippen LogP contribution in [0.15, 0.2) is 24.3 Å². The van der Waals surface area contributed by atoms with Crippen LogP contribution in [-0.4, -0.2) is 75.0 Å². The van der Waals surface area contributed by atoms with Gasteiger partial charge in [-0.05, 0) is 32.6 Å². The van der Waals surface area contributed by atoms with Crippen molar-refractivity contribution in [3.05, 3.63) is 24.3 Å². The van der Waals surface area contributed by atoms with Crippen molar-refractivity contribution in [2.45, 2.75) is 85.7 Å². The van der Waals surface area contributed by atoms with Gasteiger partial charge in [-0.15, -0.1) is 0 Å². The Bertz CT molecular complexity index is 939. The first-order valence-electron chi connectivity index (χ1n) is 14.3. The highest BCUT2D eigenvalue weighted by atomic mass is 16.6. The molecule has 0 aromatic carbocycles. The van der Waals surface area contributed by atoms with E-state index in [0.717, 1.165) is 0 Å². The van der Waals surface area contributed by atoms with Crippen LogP contribution in [0.2, 0.25) is 0 Å². The van der Waals surface area contributed by atoms with E-state index in [9.17, 15) is 28.8 Å². The first-order chi connectivity index (χ1) is 19.9. The van der Waals surface area contributed by atoms with Gasteiger partial charge in [-0.2, -0.15) is 0 Å². The number of esters is 6. The average Bonchev–Trinajstić information content (AvgIpc) is 2.96. The number of carbonyl (C=O) groups excluding carboxylic acids is 6. The Morgan fingerprint density at radius 1 is 0.548 bits per heavy atom. The smallest absolute Gasteiger partial charge is 0.334 e. The third kappa shape index (κ3) is 15.3. The van der Waals surface area contributed by atoms with Crippen molar-refractivity contribution in [3.8, 4) is 0 Å². The van der Waals surface area contributed by atoms with Crippen molar-refractivity contribution in [1.82, 2.24) is 0 Å². The van der Waals surface area contributed by atoms with Crippen molar-refractivity contribution in [2.24, 2.45) is 11.8 Å². The molecule has 0 aromatic heterocycles. The lowest BCUT2D eigenvalue weighted by molar-refractivity contribution is -0.159. The molecule has 3 unspecified atom stereocenters. The molecule has 0 radical (unpaired) electrons. The normalized spacial score (nSPS) is 12.6. The number of hydrogen-bond acceptors (Lipinski definition) is 12. The van der Waals surface area contributed by atoms with E-state index in [-0.39, 0.29) is 50.6 Å². The zero-order valence-corrected chi connectivity index (χ0v) is 25.5. The Balaban J connectivity index is 5.06. The molecule has 0 saturated heterocycles. The second-order valence-corrected chi connectivity index (χ2v) is 9.48. The molecular weight excluding hydrogens is 552 g/mol. The van der Waals surface area contributed by atoms with E-state index in [4.69, 9.17) is 28.4 Å². The van der Waals surface area contributed by atoms with Gasteiger partial charge in [-0.25, -0.2) is 9.59 Å². The summed E-state index contributed by atoms with van der Waals surface area (Å²) < 4.78 is 30.7. The molecule has 0 N–H and O–H groups in total. The van der Waals surface area contributed by atoms with E-state index in [1.807, 2.05) is 0 Å². The van der Waals surface area contributed by atoms with Crippen LogP contribution in [0.3, 0.4) is 0 Å². The SMILES string of the molecule is C=C(C(=O)OCCC)C(CC(=O)OCCC(C)OC(=O)CC(C(=C)C(=O)OCCC)C(=O)OCCC)C(=O)OCCC. The van der Waals surface area contributed by atoms with Gasteiger partial charge in [-0.3, -0.25) is 19.2 Å². The van der Waals surface area contributed by atoms with Crippen molar-refractivity contribution in [1.29, 1.82) is 0 Å². The predicted molar refractivity (Wildman–Crippen MR) is 151 cm³/mol. The second kappa shape index (κ2) is 22.0. The van der Waals surface area contributed by atoms with E-state index in [2.05, 4.69) is 13.2 Å². The maximum atomic E-state index is 12.6. The summed E-state index contributed by atoms with van der Waals surface area (Å²) in [5, 5.41) is 0. The zero-order valence-electron chi connectivity index (χ0n) is 25.5. The summed E-state index contributed by atoms with van der Waals surface area (Å²) in [5.41, 5.74) is -0.425. The minimum Gasteiger partial charge on any atom is -0.465 e. The Hall–Kier alpha value is -3.70. The molecule has 0 aromatic rings. The molecule has 12 heteroatoms. The van der Waals surface area contributed by atoms with Crippen LogP contribution < -0.4 is 0 Å². The minimum absolute atomic E-state index is 0.0896. The Labute approximate surface area is 248 Å². The third-order valence-corrected chi connectivity index (χ3v) is 5.57. The number of rotatable bonds is 22. The summed E-state index contributed by atoms with van der Waals surface area (Å²) in [6.07, 6.45) is 0.594. The van der Waals surface area contributed by atoms with Gasteiger partial charge < -0.3 is 28.4 Å². The lowest BCUT2D eigenvalue weighted by Crippen LogP contribution is -2.29. The lowest BCUT2D eigenvalue weighted by Gasteiger charge is -2.19. The summed E-state index contributed by atoms with van der Waals surface area (Å²) in [7, 11) is 0. The van der Waals surface area contributed by atoms with Crippen molar-refractivity contribution >= 4 is 35.8 Å². The largest absolute Gasteiger partial charge is 0.465 e. The van der Waals surface area contributed by atoms with Crippen LogP contribution in [0, 0.1) is 11.8 Å². The topological polar surface area (TPSA) is 158 Å². The molecular formula is C30H46O12. The summed E-state index contributed by atoms with van der Waals surface area (Å²) in [6.45, 7) is 16.3. The molecule has 12 nitrogen and oxygen atoms in total. The van der Waals surface area contributed by atoms with E-state index in [0.29, 0.717) is 25.7 Å². The highest BCUT2D eigenvalue weighted by Crippen LogP contribution is 2.21. The fourth-order valence-corrected chi connectivity index (χ4v) is 3.23. The standard InChI is InChI=1S/C30H46O12/c1-8-13-38-27(33)21(6)23(29(35)40-15-10-3)18-25(31)37-17-12-20(5)42-26(32)19-24(30(36)41-16-11-4)22(7)28(34)39-14-9-2/h20,23-24H,6-19H2,1-5H3. The van der Waals surface area contributed by atoms with Crippen LogP contribution in [-0.2, 0) is 57.2 Å². The van der Waals surface area contributed by atoms with Crippen LogP contribution >= 0.6 is 0 Å². The molecule has 0 amide bonds. The maximum absolute atomic E-state index is 12.6. The summed E-state index contributed by atoms with van der Waals surface area (Å²) >= 11 is 0. The first kappa shape index (κ1) is 38.3. The molecule has 0 bridgehead atoms. The van der Waals surface area contributed by atoms with Crippen molar-refractivity contribution in [2.75, 3.05) is 33.0 Å². The molecule has 0 aliphatic rings. The highest BCUT2D eigenvalue weighted by molar-refractivity contribution is 5.97. The van der Waals surface area contributed by atoms with Gasteiger partial charge in [0.15, 0.2) is 0 Å². The molecule has 238 valence electrons. The molecule has 0 saturated carbocycles. The van der Waals surface area contributed by atoms with Gasteiger partial charge in [0, 0.05) is 17.6 Å². The van der Waals surface area contributed by atoms with Gasteiger partial charge >= 0.3 is 35.8 Å². The molecule has 0 rings (SSSR count). The predicted octanol–water partition coefficient (Wildman–Crippen LogP) is 3.79. The lowest BCUT2D eigenvalue weighted by atomic mass is 9.97. The van der Waals surface area contributed by atoms with Gasteiger partial charge in [0.2, 0.25) is 0 Å². The maximum Gasteiger partial charge on any atom is 0.334 e. The fraction of sp³-hybridized carbons (Fsp3) is 0.667. The number of hydrogen-bond donors (Lipinski definition) is 0. The highest BCUT2D eigenvalue weighted by Gasteiger charge is 2.33. The fourth-order valence-electron chi connectivity index (χ4n) is 3.23. The van der Waals surface area contributed by atoms with Gasteiger partial charge in [-0.1, -0.05) is 40.9 Å². The van der Waals surface area contributed by atoms with Gasteiger partial charge in [0.05, 0.1) is 57.7 Å². The number of ether oxygens (including phenoxy) is 6.